The van der Waals surface area contributed by atoms with E-state index in [9.17, 15) is 0 Å². The van der Waals surface area contributed by atoms with Gasteiger partial charge in [0.05, 0.1) is 6.20 Å². The molecule has 3 heteroatoms. The van der Waals surface area contributed by atoms with E-state index in [0.717, 1.165) is 19.5 Å². The molecule has 0 aliphatic rings. The van der Waals surface area contributed by atoms with Crippen molar-refractivity contribution in [2.75, 3.05) is 0 Å². The molecular formula is C13H25N3. The Kier molecular flexibility index (Phi) is 5.00. The lowest BCUT2D eigenvalue weighted by molar-refractivity contribution is 0.546. The summed E-state index contributed by atoms with van der Waals surface area (Å²) in [5.74, 6) is 0.540. The zero-order valence-corrected chi connectivity index (χ0v) is 11.2. The number of nitrogens with zero attached hydrogens (tertiary/aromatic N) is 2. The number of hydrogen-bond acceptors (Lipinski definition) is 2. The Bertz CT molecular complexity index is 313. The number of aryl methyl sites for hydroxylation is 1. The fourth-order valence-corrected chi connectivity index (χ4v) is 1.94. The minimum Gasteiger partial charge on any atom is -0.310 e. The maximum absolute atomic E-state index is 4.48. The van der Waals surface area contributed by atoms with Crippen molar-refractivity contribution in [3.63, 3.8) is 0 Å². The number of aromatic nitrogens is 2. The molecule has 1 rings (SSSR count). The highest BCUT2D eigenvalue weighted by atomic mass is 15.3. The van der Waals surface area contributed by atoms with Crippen LogP contribution in [0.3, 0.4) is 0 Å². The summed E-state index contributed by atoms with van der Waals surface area (Å²) in [6.45, 7) is 13.0. The standard InChI is InChI=1S/C13H25N3/c1-6-7-16-13(10(2)3)12(9-15-16)8-14-11(4)5/h9-11,14H,6-8H2,1-5H3. The average Bonchev–Trinajstić information content (AvgIpc) is 2.58. The molecule has 0 atom stereocenters. The number of hydrogen-bond donors (Lipinski definition) is 1. The summed E-state index contributed by atoms with van der Waals surface area (Å²) in [7, 11) is 0. The number of nitrogens with one attached hydrogen (secondary N) is 1. The predicted molar refractivity (Wildman–Crippen MR) is 68.6 cm³/mol. The van der Waals surface area contributed by atoms with Crippen LogP contribution in [-0.4, -0.2) is 15.8 Å². The first-order chi connectivity index (χ1) is 7.56. The van der Waals surface area contributed by atoms with Gasteiger partial charge in [-0.15, -0.1) is 0 Å². The lowest BCUT2D eigenvalue weighted by Crippen LogP contribution is -2.22. The monoisotopic (exact) mass is 223 g/mol. The summed E-state index contributed by atoms with van der Waals surface area (Å²) in [5.41, 5.74) is 2.73. The fraction of sp³-hybridized carbons (Fsp3) is 0.769. The third-order valence-electron chi connectivity index (χ3n) is 2.64. The van der Waals surface area contributed by atoms with Gasteiger partial charge in [0.1, 0.15) is 0 Å². The van der Waals surface area contributed by atoms with E-state index in [0.29, 0.717) is 12.0 Å². The van der Waals surface area contributed by atoms with Crippen molar-refractivity contribution in [1.82, 2.24) is 15.1 Å². The molecule has 0 spiro atoms. The largest absolute Gasteiger partial charge is 0.310 e. The van der Waals surface area contributed by atoms with Crippen molar-refractivity contribution >= 4 is 0 Å². The van der Waals surface area contributed by atoms with E-state index in [-0.39, 0.29) is 0 Å². The Morgan fingerprint density at radius 3 is 2.50 bits per heavy atom. The van der Waals surface area contributed by atoms with Gasteiger partial charge in [0.15, 0.2) is 0 Å². The third-order valence-corrected chi connectivity index (χ3v) is 2.64. The minimum absolute atomic E-state index is 0.523. The van der Waals surface area contributed by atoms with Crippen LogP contribution in [0.4, 0.5) is 0 Å². The minimum atomic E-state index is 0.523. The van der Waals surface area contributed by atoms with Crippen LogP contribution >= 0.6 is 0 Å². The van der Waals surface area contributed by atoms with Crippen molar-refractivity contribution in [2.45, 2.75) is 66.1 Å². The number of rotatable bonds is 6. The van der Waals surface area contributed by atoms with E-state index in [2.05, 4.69) is 49.7 Å². The van der Waals surface area contributed by atoms with E-state index in [1.807, 2.05) is 6.20 Å². The molecule has 1 heterocycles. The van der Waals surface area contributed by atoms with Gasteiger partial charge < -0.3 is 5.32 Å². The normalized spacial score (nSPS) is 11.7. The maximum Gasteiger partial charge on any atom is 0.0537 e. The topological polar surface area (TPSA) is 29.9 Å². The van der Waals surface area contributed by atoms with Crippen molar-refractivity contribution in [3.05, 3.63) is 17.5 Å². The molecule has 0 amide bonds. The first-order valence-corrected chi connectivity index (χ1v) is 6.34. The molecule has 0 fully saturated rings. The highest BCUT2D eigenvalue weighted by Gasteiger charge is 2.13. The van der Waals surface area contributed by atoms with Gasteiger partial charge in [-0.3, -0.25) is 4.68 Å². The third kappa shape index (κ3) is 3.34. The van der Waals surface area contributed by atoms with Crippen LogP contribution in [0.5, 0.6) is 0 Å². The molecule has 0 saturated heterocycles. The van der Waals surface area contributed by atoms with Gasteiger partial charge in [0.25, 0.3) is 0 Å². The van der Waals surface area contributed by atoms with Gasteiger partial charge in [-0.25, -0.2) is 0 Å². The van der Waals surface area contributed by atoms with Crippen LogP contribution in [0.25, 0.3) is 0 Å². The molecule has 16 heavy (non-hydrogen) atoms. The van der Waals surface area contributed by atoms with Gasteiger partial charge in [-0.05, 0) is 12.3 Å². The van der Waals surface area contributed by atoms with Crippen molar-refractivity contribution < 1.29 is 0 Å². The summed E-state index contributed by atoms with van der Waals surface area (Å²) in [6, 6.07) is 0.523. The van der Waals surface area contributed by atoms with E-state index in [1.54, 1.807) is 0 Å². The van der Waals surface area contributed by atoms with E-state index in [1.165, 1.54) is 11.3 Å². The second-order valence-electron chi connectivity index (χ2n) is 4.97. The van der Waals surface area contributed by atoms with Gasteiger partial charge in [-0.2, -0.15) is 5.10 Å². The Hall–Kier alpha value is -0.830. The highest BCUT2D eigenvalue weighted by molar-refractivity contribution is 5.21. The second-order valence-corrected chi connectivity index (χ2v) is 4.97. The molecule has 0 bridgehead atoms. The first kappa shape index (κ1) is 13.2. The zero-order valence-electron chi connectivity index (χ0n) is 11.2. The van der Waals surface area contributed by atoms with Crippen molar-refractivity contribution in [1.29, 1.82) is 0 Å². The van der Waals surface area contributed by atoms with Crippen LogP contribution in [0.1, 0.15) is 58.2 Å². The summed E-state index contributed by atoms with van der Waals surface area (Å²) in [5, 5.41) is 7.94. The molecule has 0 radical (unpaired) electrons. The predicted octanol–water partition coefficient (Wildman–Crippen LogP) is 2.91. The molecule has 92 valence electrons. The summed E-state index contributed by atoms with van der Waals surface area (Å²) < 4.78 is 2.15. The lowest BCUT2D eigenvalue weighted by Gasteiger charge is -2.13. The lowest BCUT2D eigenvalue weighted by atomic mass is 10.1. The quantitative estimate of drug-likeness (QED) is 0.803. The zero-order chi connectivity index (χ0) is 12.1. The van der Waals surface area contributed by atoms with Crippen LogP contribution in [0.15, 0.2) is 6.20 Å². The molecule has 0 saturated carbocycles. The summed E-state index contributed by atoms with van der Waals surface area (Å²) >= 11 is 0. The van der Waals surface area contributed by atoms with E-state index in [4.69, 9.17) is 0 Å². The first-order valence-electron chi connectivity index (χ1n) is 6.34. The Morgan fingerprint density at radius 1 is 1.31 bits per heavy atom. The van der Waals surface area contributed by atoms with E-state index >= 15 is 0 Å². The molecule has 0 aromatic carbocycles. The van der Waals surface area contributed by atoms with Crippen molar-refractivity contribution in [3.8, 4) is 0 Å². The molecule has 0 aliphatic carbocycles. The molecule has 1 N–H and O–H groups in total. The van der Waals surface area contributed by atoms with Gasteiger partial charge in [0.2, 0.25) is 0 Å². The molecule has 1 aromatic rings. The fourth-order valence-electron chi connectivity index (χ4n) is 1.94. The molecule has 3 nitrogen and oxygen atoms in total. The van der Waals surface area contributed by atoms with Crippen LogP contribution in [0, 0.1) is 0 Å². The highest BCUT2D eigenvalue weighted by Crippen LogP contribution is 2.19. The van der Waals surface area contributed by atoms with Crippen LogP contribution in [0.2, 0.25) is 0 Å². The van der Waals surface area contributed by atoms with E-state index < -0.39 is 0 Å². The van der Waals surface area contributed by atoms with Crippen LogP contribution < -0.4 is 5.32 Å². The Balaban J connectivity index is 2.82. The SMILES string of the molecule is CCCn1ncc(CNC(C)C)c1C(C)C. The van der Waals surface area contributed by atoms with Gasteiger partial charge in [0, 0.05) is 30.4 Å². The molecular weight excluding hydrogens is 198 g/mol. The smallest absolute Gasteiger partial charge is 0.0537 e. The Labute approximate surface area is 99.2 Å². The van der Waals surface area contributed by atoms with Crippen molar-refractivity contribution in [2.24, 2.45) is 0 Å². The van der Waals surface area contributed by atoms with Crippen LogP contribution in [-0.2, 0) is 13.1 Å². The van der Waals surface area contributed by atoms with Gasteiger partial charge >= 0.3 is 0 Å². The summed E-state index contributed by atoms with van der Waals surface area (Å²) in [4.78, 5) is 0. The molecule has 1 aromatic heterocycles. The average molecular weight is 223 g/mol. The summed E-state index contributed by atoms with van der Waals surface area (Å²) in [6.07, 6.45) is 3.15. The molecule has 0 unspecified atom stereocenters. The molecule has 0 aliphatic heterocycles. The Morgan fingerprint density at radius 2 is 2.00 bits per heavy atom. The second kappa shape index (κ2) is 6.04. The maximum atomic E-state index is 4.48. The van der Waals surface area contributed by atoms with Gasteiger partial charge in [-0.1, -0.05) is 34.6 Å².